The number of hydrogen-bond acceptors (Lipinski definition) is 10. The fourth-order valence-corrected chi connectivity index (χ4v) is 9.32. The van der Waals surface area contributed by atoms with Gasteiger partial charge in [-0.05, 0) is 104 Å². The van der Waals surface area contributed by atoms with Crippen molar-refractivity contribution in [2.24, 2.45) is 5.73 Å². The van der Waals surface area contributed by atoms with Crippen molar-refractivity contribution in [1.82, 2.24) is 19.8 Å². The average molecular weight is 835 g/mol. The first kappa shape index (κ1) is 41.0. The molecule has 1 aliphatic rings. The summed E-state index contributed by atoms with van der Waals surface area (Å²) in [4.78, 5) is 29.4. The Morgan fingerprint density at radius 2 is 1.64 bits per heavy atom. The van der Waals surface area contributed by atoms with Gasteiger partial charge in [0.1, 0.15) is 6.33 Å². The number of piperazine rings is 1. The molecule has 1 aliphatic heterocycles. The second-order valence-corrected chi connectivity index (χ2v) is 17.8. The third-order valence-corrected chi connectivity index (χ3v) is 12.9. The standard InChI is InChI=1S/C44H47ClN8O3S2/c1-51(2)20-19-34(29-57-36-11-7-4-8-12-36)49-41-18-15-37(27-40(41)43(46)54)58(55,56)50-44-39-17-14-35(26-42(39)47-30-48-44)53-23-21-52(22-24-53)28-32-25-33(45)13-16-38(32)31-9-5-3-6-10-31/h3-18,25-27,30,34,49H,19-24,28-29H2,1-2H3,(H2,46,54)(H,47,48,50). The van der Waals surface area contributed by atoms with Crippen molar-refractivity contribution in [3.8, 4) is 11.1 Å². The lowest BCUT2D eigenvalue weighted by Gasteiger charge is -2.36. The highest BCUT2D eigenvalue weighted by Crippen LogP contribution is 2.31. The number of nitrogens with zero attached hydrogens (tertiary/aromatic N) is 5. The molecule has 5 aromatic carbocycles. The van der Waals surface area contributed by atoms with Crippen LogP contribution in [0.1, 0.15) is 22.3 Å². The number of aromatic nitrogens is 2. The van der Waals surface area contributed by atoms with Gasteiger partial charge in [-0.2, -0.15) is 0 Å². The van der Waals surface area contributed by atoms with Gasteiger partial charge in [0, 0.05) is 71.2 Å². The molecular formula is C44H47ClN8O3S2. The minimum Gasteiger partial charge on any atom is -0.381 e. The Morgan fingerprint density at radius 3 is 2.36 bits per heavy atom. The van der Waals surface area contributed by atoms with Crippen LogP contribution >= 0.6 is 23.4 Å². The molecule has 1 amide bonds. The van der Waals surface area contributed by atoms with Crippen molar-refractivity contribution in [2.75, 3.05) is 67.5 Å². The minimum atomic E-state index is -4.17. The van der Waals surface area contributed by atoms with Crippen LogP contribution in [0.4, 0.5) is 17.2 Å². The summed E-state index contributed by atoms with van der Waals surface area (Å²) in [5.74, 6) is 0.140. The highest BCUT2D eigenvalue weighted by molar-refractivity contribution is 7.99. The second-order valence-electron chi connectivity index (χ2n) is 14.6. The van der Waals surface area contributed by atoms with Crippen molar-refractivity contribution < 1.29 is 13.2 Å². The lowest BCUT2D eigenvalue weighted by molar-refractivity contribution is 0.100. The molecule has 2 heterocycles. The zero-order valence-corrected chi connectivity index (χ0v) is 34.9. The number of halogens is 1. The van der Waals surface area contributed by atoms with E-state index in [1.54, 1.807) is 17.8 Å². The Balaban J connectivity index is 1.03. The number of nitrogens with one attached hydrogen (secondary N) is 2. The zero-order valence-electron chi connectivity index (χ0n) is 32.5. The molecule has 1 fully saturated rings. The molecule has 1 atom stereocenters. The predicted molar refractivity (Wildman–Crippen MR) is 237 cm³/mol. The number of hydrogen-bond donors (Lipinski definition) is 3. The van der Waals surface area contributed by atoms with Gasteiger partial charge in [0.2, 0.25) is 0 Å². The number of amides is 1. The molecule has 14 heteroatoms. The van der Waals surface area contributed by atoms with Gasteiger partial charge >= 0.3 is 0 Å². The van der Waals surface area contributed by atoms with Gasteiger partial charge in [-0.25, -0.2) is 18.4 Å². The summed E-state index contributed by atoms with van der Waals surface area (Å²) in [5.41, 5.74) is 11.5. The molecular weight excluding hydrogens is 788 g/mol. The molecule has 0 radical (unpaired) electrons. The summed E-state index contributed by atoms with van der Waals surface area (Å²) in [5, 5.41) is 4.74. The minimum absolute atomic E-state index is 0.0190. The first-order valence-electron chi connectivity index (χ1n) is 19.1. The Kier molecular flexibility index (Phi) is 13.1. The lowest BCUT2D eigenvalue weighted by atomic mass is 9.99. The van der Waals surface area contributed by atoms with Crippen LogP contribution in [0.25, 0.3) is 22.0 Å². The van der Waals surface area contributed by atoms with E-state index in [4.69, 9.17) is 17.3 Å². The number of benzene rings is 5. The van der Waals surface area contributed by atoms with E-state index in [-0.39, 0.29) is 22.3 Å². The number of sulfonamides is 1. The number of carbonyl (C=O) groups is 1. The number of thioether (sulfide) groups is 1. The van der Waals surface area contributed by atoms with Crippen molar-refractivity contribution in [2.45, 2.75) is 28.8 Å². The maximum atomic E-state index is 13.8. The summed E-state index contributed by atoms with van der Waals surface area (Å²) >= 11 is 8.14. The fraction of sp³-hybridized carbons (Fsp3) is 0.250. The molecule has 58 heavy (non-hydrogen) atoms. The van der Waals surface area contributed by atoms with E-state index in [2.05, 4.69) is 71.1 Å². The fourth-order valence-electron chi connectivity index (χ4n) is 7.07. The predicted octanol–water partition coefficient (Wildman–Crippen LogP) is 7.70. The van der Waals surface area contributed by atoms with Crippen LogP contribution in [-0.4, -0.2) is 92.7 Å². The highest BCUT2D eigenvalue weighted by atomic mass is 35.5. The van der Waals surface area contributed by atoms with Crippen LogP contribution in [0.15, 0.2) is 131 Å². The van der Waals surface area contributed by atoms with Crippen LogP contribution in [0.2, 0.25) is 5.02 Å². The zero-order chi connectivity index (χ0) is 40.6. The Bertz CT molecular complexity index is 2470. The number of primary amides is 1. The Hall–Kier alpha value is -5.18. The van der Waals surface area contributed by atoms with E-state index in [0.717, 1.165) is 67.0 Å². The molecule has 1 unspecified atom stereocenters. The third-order valence-electron chi connectivity index (χ3n) is 10.2. The van der Waals surface area contributed by atoms with Gasteiger partial charge < -0.3 is 20.9 Å². The van der Waals surface area contributed by atoms with Crippen LogP contribution in [0, 0.1) is 0 Å². The van der Waals surface area contributed by atoms with E-state index in [1.807, 2.05) is 74.8 Å². The van der Waals surface area contributed by atoms with Crippen LogP contribution in [-0.2, 0) is 16.6 Å². The molecule has 0 aliphatic carbocycles. The maximum Gasteiger partial charge on any atom is 0.263 e. The number of anilines is 3. The molecule has 6 aromatic rings. The molecule has 0 bridgehead atoms. The summed E-state index contributed by atoms with van der Waals surface area (Å²) < 4.78 is 30.3. The normalized spacial score (nSPS) is 14.1. The largest absolute Gasteiger partial charge is 0.381 e. The van der Waals surface area contributed by atoms with E-state index in [1.165, 1.54) is 35.2 Å². The van der Waals surface area contributed by atoms with Crippen molar-refractivity contribution >= 4 is 67.4 Å². The third kappa shape index (κ3) is 10.3. The number of fused-ring (bicyclic) bond motifs is 1. The van der Waals surface area contributed by atoms with Crippen molar-refractivity contribution in [3.05, 3.63) is 138 Å². The number of nitrogens with two attached hydrogens (primary N) is 1. The van der Waals surface area contributed by atoms with E-state index in [9.17, 15) is 13.2 Å². The monoisotopic (exact) mass is 834 g/mol. The summed E-state index contributed by atoms with van der Waals surface area (Å²) in [7, 11) is -0.150. The number of rotatable bonds is 16. The molecule has 0 saturated carbocycles. The summed E-state index contributed by atoms with van der Waals surface area (Å²) in [6.45, 7) is 4.95. The van der Waals surface area contributed by atoms with Crippen LogP contribution in [0.3, 0.4) is 0 Å². The summed E-state index contributed by atoms with van der Waals surface area (Å²) in [6.07, 6.45) is 2.14. The topological polar surface area (TPSA) is 137 Å². The number of carbonyl (C=O) groups excluding carboxylic acids is 1. The van der Waals surface area contributed by atoms with Gasteiger partial charge in [-0.15, -0.1) is 11.8 Å². The maximum absolute atomic E-state index is 13.8. The van der Waals surface area contributed by atoms with E-state index in [0.29, 0.717) is 16.6 Å². The highest BCUT2D eigenvalue weighted by Gasteiger charge is 2.23. The van der Waals surface area contributed by atoms with Crippen molar-refractivity contribution in [3.63, 3.8) is 0 Å². The molecule has 4 N–H and O–H groups in total. The first-order chi connectivity index (χ1) is 28.0. The molecule has 7 rings (SSSR count). The van der Waals surface area contributed by atoms with Gasteiger partial charge in [-0.1, -0.05) is 66.2 Å². The van der Waals surface area contributed by atoms with Crippen molar-refractivity contribution in [1.29, 1.82) is 0 Å². The molecule has 1 saturated heterocycles. The Morgan fingerprint density at radius 1 is 0.897 bits per heavy atom. The SMILES string of the molecule is CN(C)CCC(CSc1ccccc1)Nc1ccc(S(=O)(=O)Nc2ncnc3cc(N4CCN(Cc5cc(Cl)ccc5-c5ccccc5)CC4)ccc23)cc1C(N)=O. The quantitative estimate of drug-likeness (QED) is 0.0833. The first-order valence-corrected chi connectivity index (χ1v) is 22.0. The average Bonchev–Trinajstić information content (AvgIpc) is 3.22. The Labute approximate surface area is 349 Å². The lowest BCUT2D eigenvalue weighted by Crippen LogP contribution is -2.46. The van der Waals surface area contributed by atoms with E-state index >= 15 is 0 Å². The molecule has 1 aromatic heterocycles. The smallest absolute Gasteiger partial charge is 0.263 e. The molecule has 0 spiro atoms. The van der Waals surface area contributed by atoms with Crippen LogP contribution in [0.5, 0.6) is 0 Å². The van der Waals surface area contributed by atoms with Gasteiger partial charge in [0.05, 0.1) is 16.0 Å². The van der Waals surface area contributed by atoms with E-state index < -0.39 is 15.9 Å². The second kappa shape index (κ2) is 18.6. The van der Waals surface area contributed by atoms with Gasteiger partial charge in [0.15, 0.2) is 5.82 Å². The van der Waals surface area contributed by atoms with Gasteiger partial charge in [0.25, 0.3) is 15.9 Å². The van der Waals surface area contributed by atoms with Gasteiger partial charge in [-0.3, -0.25) is 14.4 Å². The summed E-state index contributed by atoms with van der Waals surface area (Å²) in [6, 6.07) is 36.7. The molecule has 300 valence electrons. The van der Waals surface area contributed by atoms with Crippen LogP contribution < -0.4 is 20.7 Å². The molecule has 11 nitrogen and oxygen atoms in total.